The van der Waals surface area contributed by atoms with Crippen molar-refractivity contribution in [2.24, 2.45) is 10.9 Å². The second kappa shape index (κ2) is 7.87. The maximum absolute atomic E-state index is 14.8. The molecule has 0 aromatic heterocycles. The molecule has 1 fully saturated rings. The number of ether oxygens (including phenoxy) is 3. The Balaban J connectivity index is 2.16. The van der Waals surface area contributed by atoms with Gasteiger partial charge in [0.05, 0.1) is 23.6 Å². The molecule has 9 nitrogen and oxygen atoms in total. The van der Waals surface area contributed by atoms with Crippen molar-refractivity contribution in [2.75, 3.05) is 6.61 Å². The van der Waals surface area contributed by atoms with E-state index >= 15 is 0 Å². The summed E-state index contributed by atoms with van der Waals surface area (Å²) in [6, 6.07) is 1.61. The fourth-order valence-corrected chi connectivity index (χ4v) is 3.85. The summed E-state index contributed by atoms with van der Waals surface area (Å²) in [6.45, 7) is 5.43. The van der Waals surface area contributed by atoms with E-state index in [0.29, 0.717) is 0 Å². The molecule has 176 valence electrons. The van der Waals surface area contributed by atoms with E-state index in [-0.39, 0.29) is 0 Å². The number of nitrogens with one attached hydrogen (secondary N) is 1. The Labute approximate surface area is 179 Å². The third-order valence-electron chi connectivity index (χ3n) is 5.05. The maximum Gasteiger partial charge on any atom is 0.426 e. The number of hydrogen-bond acceptors (Lipinski definition) is 7. The van der Waals surface area contributed by atoms with Gasteiger partial charge in [0.2, 0.25) is 6.10 Å². The number of carbonyl (C=O) groups excluding carboxylic acids is 1. The van der Waals surface area contributed by atoms with Gasteiger partial charge in [-0.3, -0.25) is 10.1 Å². The van der Waals surface area contributed by atoms with Crippen molar-refractivity contribution in [3.63, 3.8) is 0 Å². The zero-order valence-corrected chi connectivity index (χ0v) is 17.5. The maximum atomic E-state index is 14.8. The average Bonchev–Trinajstić information content (AvgIpc) is 2.96. The number of fused-ring (bicyclic) bond motifs is 1. The Bertz CT molecular complexity index is 961. The van der Waals surface area contributed by atoms with E-state index in [2.05, 4.69) is 4.99 Å². The van der Waals surface area contributed by atoms with E-state index in [0.717, 1.165) is 18.2 Å². The van der Waals surface area contributed by atoms with E-state index in [9.17, 15) is 32.5 Å². The SMILES string of the molecule is CC1OCC2(c3cc([N+](=O)[O-])ccc3F)N=C(NC(=O)OC(C)(C)C)OC(C(F)(F)F)C12. The van der Waals surface area contributed by atoms with Crippen LogP contribution in [0.2, 0.25) is 0 Å². The number of amides is 1. The molecule has 1 saturated heterocycles. The average molecular weight is 463 g/mol. The highest BCUT2D eigenvalue weighted by molar-refractivity contribution is 5.91. The van der Waals surface area contributed by atoms with Crippen LogP contribution < -0.4 is 5.32 Å². The molecule has 1 N–H and O–H groups in total. The van der Waals surface area contributed by atoms with E-state index in [1.165, 1.54) is 27.7 Å². The Hall–Kier alpha value is -2.96. The van der Waals surface area contributed by atoms with Gasteiger partial charge in [0.25, 0.3) is 11.7 Å². The Kier molecular flexibility index (Phi) is 5.83. The van der Waals surface area contributed by atoms with Crippen LogP contribution in [0.25, 0.3) is 0 Å². The van der Waals surface area contributed by atoms with Crippen LogP contribution in [-0.4, -0.2) is 47.6 Å². The number of carbonyl (C=O) groups is 1. The summed E-state index contributed by atoms with van der Waals surface area (Å²) < 4.78 is 72.1. The van der Waals surface area contributed by atoms with Gasteiger partial charge in [-0.2, -0.15) is 13.2 Å². The first-order valence-electron chi connectivity index (χ1n) is 9.53. The summed E-state index contributed by atoms with van der Waals surface area (Å²) >= 11 is 0. The largest absolute Gasteiger partial charge is 0.451 e. The van der Waals surface area contributed by atoms with Crippen LogP contribution >= 0.6 is 0 Å². The number of aliphatic imine (C=N–C) groups is 1. The van der Waals surface area contributed by atoms with Crippen LogP contribution in [-0.2, 0) is 19.7 Å². The molecule has 1 amide bonds. The van der Waals surface area contributed by atoms with Gasteiger partial charge in [0.1, 0.15) is 17.0 Å². The van der Waals surface area contributed by atoms with Crippen LogP contribution in [0.3, 0.4) is 0 Å². The molecular weight excluding hydrogens is 442 g/mol. The molecule has 1 aromatic carbocycles. The van der Waals surface area contributed by atoms with Gasteiger partial charge >= 0.3 is 12.3 Å². The van der Waals surface area contributed by atoms with Gasteiger partial charge < -0.3 is 14.2 Å². The Morgan fingerprint density at radius 2 is 2.00 bits per heavy atom. The van der Waals surface area contributed by atoms with Gasteiger partial charge in [-0.1, -0.05) is 0 Å². The van der Waals surface area contributed by atoms with Crippen molar-refractivity contribution < 1.29 is 41.5 Å². The molecule has 2 heterocycles. The quantitative estimate of drug-likeness (QED) is 0.406. The zero-order chi connectivity index (χ0) is 24.1. The normalized spacial score (nSPS) is 27.8. The molecule has 13 heteroatoms. The number of alkyl halides is 3. The first-order chi connectivity index (χ1) is 14.6. The molecule has 0 bridgehead atoms. The minimum atomic E-state index is -4.95. The molecule has 4 unspecified atom stereocenters. The van der Waals surface area contributed by atoms with Crippen molar-refractivity contribution in [1.82, 2.24) is 5.32 Å². The fraction of sp³-hybridized carbons (Fsp3) is 0.579. The van der Waals surface area contributed by atoms with E-state index in [4.69, 9.17) is 14.2 Å². The highest BCUT2D eigenvalue weighted by Crippen LogP contribution is 2.52. The second-order valence-electron chi connectivity index (χ2n) is 8.51. The topological polar surface area (TPSA) is 112 Å². The first-order valence-corrected chi connectivity index (χ1v) is 9.53. The number of nitro groups is 1. The van der Waals surface area contributed by atoms with Crippen LogP contribution in [0.4, 0.5) is 28.0 Å². The van der Waals surface area contributed by atoms with Gasteiger partial charge in [-0.05, 0) is 33.8 Å². The summed E-state index contributed by atoms with van der Waals surface area (Å²) in [4.78, 5) is 26.6. The lowest BCUT2D eigenvalue weighted by Crippen LogP contribution is -2.57. The molecule has 2 aliphatic heterocycles. The molecular formula is C19H21F4N3O6. The number of hydrogen-bond donors (Lipinski definition) is 1. The van der Waals surface area contributed by atoms with Crippen LogP contribution in [0.5, 0.6) is 0 Å². The molecule has 0 aliphatic carbocycles. The number of halogens is 4. The minimum Gasteiger partial charge on any atom is -0.451 e. The number of alkyl carbamates (subject to hydrolysis) is 1. The highest BCUT2D eigenvalue weighted by atomic mass is 19.4. The second-order valence-corrected chi connectivity index (χ2v) is 8.51. The van der Waals surface area contributed by atoms with Gasteiger partial charge in [0.15, 0.2) is 0 Å². The molecule has 0 saturated carbocycles. The molecule has 2 aliphatic rings. The predicted molar refractivity (Wildman–Crippen MR) is 101 cm³/mol. The van der Waals surface area contributed by atoms with Crippen molar-refractivity contribution in [3.05, 3.63) is 39.7 Å². The van der Waals surface area contributed by atoms with Crippen LogP contribution in [0.15, 0.2) is 23.2 Å². The van der Waals surface area contributed by atoms with E-state index in [1.807, 2.05) is 5.32 Å². The van der Waals surface area contributed by atoms with Gasteiger partial charge in [0, 0.05) is 17.7 Å². The third kappa shape index (κ3) is 4.47. The Morgan fingerprint density at radius 1 is 1.34 bits per heavy atom. The number of non-ortho nitro benzene ring substituents is 1. The summed E-state index contributed by atoms with van der Waals surface area (Å²) in [7, 11) is 0. The van der Waals surface area contributed by atoms with Crippen molar-refractivity contribution in [2.45, 2.75) is 57.2 Å². The summed E-state index contributed by atoms with van der Waals surface area (Å²) in [5, 5.41) is 13.2. The van der Waals surface area contributed by atoms with E-state index in [1.54, 1.807) is 0 Å². The van der Waals surface area contributed by atoms with Crippen LogP contribution in [0, 0.1) is 21.8 Å². The number of amidine groups is 1. The molecule has 0 spiro atoms. The lowest BCUT2D eigenvalue weighted by atomic mass is 9.74. The van der Waals surface area contributed by atoms with Crippen molar-refractivity contribution in [3.8, 4) is 0 Å². The molecule has 0 radical (unpaired) electrons. The number of benzene rings is 1. The zero-order valence-electron chi connectivity index (χ0n) is 17.5. The lowest BCUT2D eigenvalue weighted by molar-refractivity contribution is -0.385. The van der Waals surface area contributed by atoms with Crippen molar-refractivity contribution >= 4 is 17.8 Å². The number of rotatable bonds is 2. The van der Waals surface area contributed by atoms with Crippen LogP contribution in [0.1, 0.15) is 33.3 Å². The first kappa shape index (κ1) is 23.7. The Morgan fingerprint density at radius 3 is 2.56 bits per heavy atom. The fourth-order valence-electron chi connectivity index (χ4n) is 3.85. The monoisotopic (exact) mass is 463 g/mol. The standard InChI is InChI=1S/C19H21F4N3O6/c1-9-13-14(19(21,22)23)31-15(24-16(27)32-17(2,3)4)25-18(13,8-30-9)11-7-10(26(28)29)5-6-12(11)20/h5-7,9,13-14H,8H2,1-4H3,(H,24,25,27). The smallest absolute Gasteiger partial charge is 0.426 e. The lowest BCUT2D eigenvalue weighted by Gasteiger charge is -2.41. The molecule has 4 atom stereocenters. The summed E-state index contributed by atoms with van der Waals surface area (Å²) in [5.74, 6) is -2.59. The van der Waals surface area contributed by atoms with Gasteiger partial charge in [-0.25, -0.2) is 19.5 Å². The highest BCUT2D eigenvalue weighted by Gasteiger charge is 2.64. The number of nitrogens with zero attached hydrogens (tertiary/aromatic N) is 2. The van der Waals surface area contributed by atoms with Gasteiger partial charge in [-0.15, -0.1) is 0 Å². The molecule has 3 rings (SSSR count). The third-order valence-corrected chi connectivity index (χ3v) is 5.05. The minimum absolute atomic E-state index is 0.470. The summed E-state index contributed by atoms with van der Waals surface area (Å²) in [6.07, 6.45) is -9.73. The molecule has 1 aromatic rings. The van der Waals surface area contributed by atoms with Crippen molar-refractivity contribution in [1.29, 1.82) is 0 Å². The number of nitro benzene ring substituents is 1. The summed E-state index contributed by atoms with van der Waals surface area (Å²) in [5.41, 5.74) is -4.03. The molecule has 32 heavy (non-hydrogen) atoms. The predicted octanol–water partition coefficient (Wildman–Crippen LogP) is 3.81. The van der Waals surface area contributed by atoms with E-state index < -0.39 is 76.2 Å².